The van der Waals surface area contributed by atoms with Crippen molar-refractivity contribution in [2.45, 2.75) is 81.6 Å². The fraction of sp³-hybridized carbons (Fsp3) is 0.500. The van der Waals surface area contributed by atoms with Crippen LogP contribution in [0, 0.1) is 30.1 Å². The molecule has 0 aliphatic heterocycles. The van der Waals surface area contributed by atoms with E-state index in [2.05, 4.69) is 106 Å². The Hall–Kier alpha value is -2.08. The third-order valence-corrected chi connectivity index (χ3v) is 8.09. The number of hydrogen-bond donors (Lipinski definition) is 0. The molecule has 0 spiro atoms. The van der Waals surface area contributed by atoms with Crippen LogP contribution in [0.4, 0.5) is 0 Å². The number of allylic oxidation sites excluding steroid dienone is 8. The predicted octanol–water partition coefficient (Wildman–Crippen LogP) is 7.53. The average Bonchev–Trinajstić information content (AvgIpc) is 3.33. The van der Waals surface area contributed by atoms with Gasteiger partial charge in [-0.05, 0) is 87.0 Å². The van der Waals surface area contributed by atoms with Crippen LogP contribution in [0.15, 0.2) is 58.2 Å². The van der Waals surface area contributed by atoms with Crippen molar-refractivity contribution in [3.05, 3.63) is 79.8 Å². The van der Waals surface area contributed by atoms with E-state index in [4.69, 9.17) is 0 Å². The Morgan fingerprint density at radius 1 is 0.875 bits per heavy atom. The van der Waals surface area contributed by atoms with E-state index in [1.54, 1.807) is 22.3 Å². The van der Waals surface area contributed by atoms with E-state index in [1.807, 2.05) is 0 Å². The second kappa shape index (κ2) is 8.05. The molecule has 0 saturated carbocycles. The van der Waals surface area contributed by atoms with Gasteiger partial charge in [0.25, 0.3) is 0 Å². The van der Waals surface area contributed by atoms with Crippen LogP contribution in [0.3, 0.4) is 0 Å². The Bertz CT molecular complexity index is 1200. The van der Waals surface area contributed by atoms with Gasteiger partial charge < -0.3 is 0 Å². The van der Waals surface area contributed by atoms with Gasteiger partial charge in [0, 0.05) is 5.41 Å². The molecule has 0 amide bonds. The molecule has 0 heteroatoms. The second-order valence-electron chi connectivity index (χ2n) is 11.6. The van der Waals surface area contributed by atoms with Crippen LogP contribution in [0.2, 0.25) is 0 Å². The molecule has 0 N–H and O–H groups in total. The molecule has 1 atom stereocenters. The van der Waals surface area contributed by atoms with Crippen LogP contribution in [-0.4, -0.2) is 0 Å². The Morgan fingerprint density at radius 2 is 1.56 bits per heavy atom. The molecule has 0 bridgehead atoms. The molecule has 1 aromatic rings. The molecule has 1 aromatic carbocycles. The molecule has 0 heterocycles. The SMILES string of the molecule is Cc1cc(C(C)C)c2c(c1)=CC1=C(C3=CC=CC3)C(C)(C(C)C)C(C(C)C)=C(C(C)C)C=21. The van der Waals surface area contributed by atoms with Crippen LogP contribution in [-0.2, 0) is 0 Å². The smallest absolute Gasteiger partial charge is 0.0174 e. The summed E-state index contributed by atoms with van der Waals surface area (Å²) in [5, 5.41) is 2.94. The Balaban J connectivity index is 2.28. The minimum absolute atomic E-state index is 0.0377. The van der Waals surface area contributed by atoms with Crippen molar-refractivity contribution in [1.82, 2.24) is 0 Å². The van der Waals surface area contributed by atoms with E-state index in [1.165, 1.54) is 32.7 Å². The zero-order valence-corrected chi connectivity index (χ0v) is 22.0. The first-order valence-electron chi connectivity index (χ1n) is 12.7. The van der Waals surface area contributed by atoms with E-state index in [0.29, 0.717) is 23.7 Å². The predicted molar refractivity (Wildman–Crippen MR) is 141 cm³/mol. The molecule has 170 valence electrons. The molecule has 0 aromatic heterocycles. The van der Waals surface area contributed by atoms with Gasteiger partial charge in [-0.15, -0.1) is 0 Å². The van der Waals surface area contributed by atoms with Crippen molar-refractivity contribution in [2.24, 2.45) is 23.2 Å². The lowest BCUT2D eigenvalue weighted by Gasteiger charge is -2.48. The molecule has 3 aliphatic rings. The normalized spacial score (nSPS) is 22.6. The summed E-state index contributed by atoms with van der Waals surface area (Å²) in [4.78, 5) is 0. The Labute approximate surface area is 196 Å². The van der Waals surface area contributed by atoms with Gasteiger partial charge in [0.05, 0.1) is 0 Å². The third-order valence-electron chi connectivity index (χ3n) is 8.09. The van der Waals surface area contributed by atoms with E-state index >= 15 is 0 Å². The van der Waals surface area contributed by atoms with Crippen LogP contribution in [0.25, 0.3) is 11.6 Å². The van der Waals surface area contributed by atoms with Crippen molar-refractivity contribution in [1.29, 1.82) is 0 Å². The van der Waals surface area contributed by atoms with Crippen molar-refractivity contribution in [2.75, 3.05) is 0 Å². The lowest BCUT2D eigenvalue weighted by atomic mass is 9.55. The summed E-state index contributed by atoms with van der Waals surface area (Å²) in [6, 6.07) is 4.85. The molecule has 3 aliphatic carbocycles. The maximum atomic E-state index is 2.54. The fourth-order valence-corrected chi connectivity index (χ4v) is 6.62. The van der Waals surface area contributed by atoms with Gasteiger partial charge in [-0.2, -0.15) is 0 Å². The van der Waals surface area contributed by atoms with Crippen LogP contribution < -0.4 is 10.4 Å². The van der Waals surface area contributed by atoms with Crippen LogP contribution >= 0.6 is 0 Å². The minimum atomic E-state index is 0.0377. The zero-order valence-electron chi connectivity index (χ0n) is 22.0. The summed E-state index contributed by atoms with van der Waals surface area (Å²) in [6.45, 7) is 24.0. The van der Waals surface area contributed by atoms with E-state index < -0.39 is 0 Å². The van der Waals surface area contributed by atoms with Crippen molar-refractivity contribution < 1.29 is 0 Å². The zero-order chi connectivity index (χ0) is 23.5. The first-order chi connectivity index (χ1) is 15.0. The van der Waals surface area contributed by atoms with Gasteiger partial charge in [-0.1, -0.05) is 104 Å². The first-order valence-corrected chi connectivity index (χ1v) is 12.7. The summed E-state index contributed by atoms with van der Waals surface area (Å²) in [6.07, 6.45) is 10.6. The standard InChI is InChI=1S/C32H42/c1-18(2)25-16-22(9)15-24-17-26-29(28(24)25)27(19(3)4)30(20(5)6)32(10,21(7)8)31(26)23-13-11-12-14-23/h11-13,15-21H,14H2,1-10H3. The highest BCUT2D eigenvalue weighted by Gasteiger charge is 2.47. The summed E-state index contributed by atoms with van der Waals surface area (Å²) < 4.78 is 0. The first kappa shape index (κ1) is 23.1. The van der Waals surface area contributed by atoms with Crippen molar-refractivity contribution >= 4 is 11.6 Å². The largest absolute Gasteiger partial charge is 0.0801 e. The van der Waals surface area contributed by atoms with E-state index in [0.717, 1.165) is 6.42 Å². The Kier molecular flexibility index (Phi) is 5.81. The monoisotopic (exact) mass is 426 g/mol. The molecule has 32 heavy (non-hydrogen) atoms. The molecule has 0 saturated heterocycles. The van der Waals surface area contributed by atoms with E-state index in [-0.39, 0.29) is 5.41 Å². The highest BCUT2D eigenvalue weighted by molar-refractivity contribution is 5.96. The second-order valence-corrected chi connectivity index (χ2v) is 11.6. The number of rotatable bonds is 5. The molecular weight excluding hydrogens is 384 g/mol. The molecule has 0 nitrogen and oxygen atoms in total. The topological polar surface area (TPSA) is 0 Å². The molecule has 4 rings (SSSR count). The maximum absolute atomic E-state index is 2.54. The lowest BCUT2D eigenvalue weighted by Crippen LogP contribution is -2.38. The molecular formula is C32H42. The summed E-state index contributed by atoms with van der Waals surface area (Å²) in [5.74, 6) is 2.04. The molecule has 0 fully saturated rings. The van der Waals surface area contributed by atoms with Gasteiger partial charge in [0.15, 0.2) is 0 Å². The third kappa shape index (κ3) is 3.25. The number of fused-ring (bicyclic) bond motifs is 2. The van der Waals surface area contributed by atoms with Crippen LogP contribution in [0.1, 0.15) is 85.8 Å². The highest BCUT2D eigenvalue weighted by atomic mass is 14.5. The van der Waals surface area contributed by atoms with Gasteiger partial charge >= 0.3 is 0 Å². The summed E-state index contributed by atoms with van der Waals surface area (Å²) >= 11 is 0. The van der Waals surface area contributed by atoms with Gasteiger partial charge in [-0.3, -0.25) is 0 Å². The Morgan fingerprint density at radius 3 is 2.06 bits per heavy atom. The van der Waals surface area contributed by atoms with E-state index in [9.17, 15) is 0 Å². The average molecular weight is 427 g/mol. The van der Waals surface area contributed by atoms with Crippen LogP contribution in [0.5, 0.6) is 0 Å². The fourth-order valence-electron chi connectivity index (χ4n) is 6.62. The lowest BCUT2D eigenvalue weighted by molar-refractivity contribution is 0.305. The highest BCUT2D eigenvalue weighted by Crippen LogP contribution is 2.58. The van der Waals surface area contributed by atoms with Gasteiger partial charge in [-0.25, -0.2) is 0 Å². The quantitative estimate of drug-likeness (QED) is 0.456. The maximum Gasteiger partial charge on any atom is 0.0174 e. The molecule has 0 radical (unpaired) electrons. The number of hydrogen-bond acceptors (Lipinski definition) is 0. The number of aryl methyl sites for hydroxylation is 1. The van der Waals surface area contributed by atoms with Gasteiger partial charge in [0.1, 0.15) is 0 Å². The minimum Gasteiger partial charge on any atom is -0.0801 e. The van der Waals surface area contributed by atoms with Gasteiger partial charge in [0.2, 0.25) is 0 Å². The summed E-state index contributed by atoms with van der Waals surface area (Å²) in [5.41, 5.74) is 12.4. The number of benzene rings is 1. The van der Waals surface area contributed by atoms with Crippen molar-refractivity contribution in [3.8, 4) is 0 Å². The summed E-state index contributed by atoms with van der Waals surface area (Å²) in [7, 11) is 0. The molecule has 1 unspecified atom stereocenters. The van der Waals surface area contributed by atoms with Crippen molar-refractivity contribution in [3.63, 3.8) is 0 Å².